The lowest BCUT2D eigenvalue weighted by atomic mass is 10.0. The molecule has 0 saturated heterocycles. The molecule has 2 rings (SSSR count). The Morgan fingerprint density at radius 1 is 1.31 bits per heavy atom. The van der Waals surface area contributed by atoms with Crippen LogP contribution < -0.4 is 11.3 Å². The highest BCUT2D eigenvalue weighted by molar-refractivity contribution is 5.74. The first-order valence-electron chi connectivity index (χ1n) is 5.00. The summed E-state index contributed by atoms with van der Waals surface area (Å²) in [6.07, 6.45) is 1.37. The van der Waals surface area contributed by atoms with Crippen LogP contribution in [0.3, 0.4) is 0 Å². The molecule has 0 atom stereocenters. The smallest absolute Gasteiger partial charge is 0.274 e. The second-order valence-electron chi connectivity index (χ2n) is 3.81. The first-order chi connectivity index (χ1) is 7.59. The van der Waals surface area contributed by atoms with Gasteiger partial charge in [-0.3, -0.25) is 4.79 Å². The van der Waals surface area contributed by atoms with Gasteiger partial charge in [-0.15, -0.1) is 0 Å². The van der Waals surface area contributed by atoms with Gasteiger partial charge in [0.15, 0.2) is 0 Å². The van der Waals surface area contributed by atoms with Crippen molar-refractivity contribution in [2.24, 2.45) is 0 Å². The van der Waals surface area contributed by atoms with Crippen molar-refractivity contribution < 1.29 is 0 Å². The summed E-state index contributed by atoms with van der Waals surface area (Å²) in [6, 6.07) is 5.99. The van der Waals surface area contributed by atoms with Gasteiger partial charge in [0.05, 0.1) is 6.33 Å². The Kier molecular flexibility index (Phi) is 2.48. The van der Waals surface area contributed by atoms with Crippen LogP contribution in [-0.4, -0.2) is 9.97 Å². The van der Waals surface area contributed by atoms with Gasteiger partial charge in [-0.2, -0.15) is 0 Å². The monoisotopic (exact) mass is 215 g/mol. The molecule has 0 unspecified atom stereocenters. The average Bonchev–Trinajstić information content (AvgIpc) is 2.26. The fraction of sp³-hybridized carbons (Fsp3) is 0.167. The van der Waals surface area contributed by atoms with Crippen molar-refractivity contribution >= 4 is 5.69 Å². The zero-order valence-corrected chi connectivity index (χ0v) is 9.24. The Hall–Kier alpha value is -2.10. The van der Waals surface area contributed by atoms with E-state index in [-0.39, 0.29) is 11.2 Å². The Bertz CT molecular complexity index is 587. The first kappa shape index (κ1) is 10.4. The summed E-state index contributed by atoms with van der Waals surface area (Å²) in [4.78, 5) is 18.0. The number of nitrogens with zero attached hydrogens (tertiary/aromatic N) is 1. The lowest BCUT2D eigenvalue weighted by Gasteiger charge is -2.07. The molecular formula is C12H13N3O. The lowest BCUT2D eigenvalue weighted by molar-refractivity contribution is 1.12. The zero-order valence-electron chi connectivity index (χ0n) is 9.24. The number of anilines is 1. The number of hydrogen-bond donors (Lipinski definition) is 2. The molecule has 0 radical (unpaired) electrons. The minimum Gasteiger partial charge on any atom is -0.392 e. The van der Waals surface area contributed by atoms with Gasteiger partial charge in [-0.05, 0) is 25.5 Å². The van der Waals surface area contributed by atoms with Crippen molar-refractivity contribution in [3.05, 3.63) is 46.0 Å². The van der Waals surface area contributed by atoms with Crippen LogP contribution >= 0.6 is 0 Å². The van der Waals surface area contributed by atoms with Gasteiger partial charge in [0.2, 0.25) is 0 Å². The molecule has 4 heteroatoms. The molecule has 0 bridgehead atoms. The van der Waals surface area contributed by atoms with Crippen molar-refractivity contribution in [1.82, 2.24) is 9.97 Å². The molecule has 1 aromatic heterocycles. The minimum absolute atomic E-state index is 0.163. The molecule has 0 saturated carbocycles. The summed E-state index contributed by atoms with van der Waals surface area (Å²) in [5.41, 5.74) is 9.21. The van der Waals surface area contributed by atoms with Crippen molar-refractivity contribution in [3.8, 4) is 11.3 Å². The van der Waals surface area contributed by atoms with Crippen molar-refractivity contribution in [3.63, 3.8) is 0 Å². The maximum Gasteiger partial charge on any atom is 0.274 e. The Labute approximate surface area is 93.2 Å². The fourth-order valence-electron chi connectivity index (χ4n) is 1.62. The number of H-pyrrole nitrogens is 1. The molecule has 0 aliphatic heterocycles. The number of nitrogens with one attached hydrogen (secondary N) is 1. The molecule has 82 valence electrons. The molecule has 1 aromatic carbocycles. The number of aromatic nitrogens is 2. The number of nitrogens with two attached hydrogens (primary N) is 1. The highest BCUT2D eigenvalue weighted by Crippen LogP contribution is 2.24. The Morgan fingerprint density at radius 3 is 2.81 bits per heavy atom. The van der Waals surface area contributed by atoms with E-state index in [1.165, 1.54) is 6.33 Å². The van der Waals surface area contributed by atoms with Crippen LogP contribution in [0.25, 0.3) is 11.3 Å². The molecule has 0 fully saturated rings. The van der Waals surface area contributed by atoms with E-state index in [0.29, 0.717) is 5.69 Å². The van der Waals surface area contributed by atoms with Gasteiger partial charge < -0.3 is 10.7 Å². The summed E-state index contributed by atoms with van der Waals surface area (Å²) in [7, 11) is 0. The van der Waals surface area contributed by atoms with Gasteiger partial charge in [0, 0.05) is 5.56 Å². The molecular weight excluding hydrogens is 202 g/mol. The van der Waals surface area contributed by atoms with Gasteiger partial charge in [-0.25, -0.2) is 4.98 Å². The van der Waals surface area contributed by atoms with Crippen LogP contribution in [0.1, 0.15) is 11.1 Å². The van der Waals surface area contributed by atoms with E-state index in [4.69, 9.17) is 5.73 Å². The van der Waals surface area contributed by atoms with Gasteiger partial charge in [0.1, 0.15) is 11.4 Å². The SMILES string of the molecule is Cc1ccc(C)c(-c2nc[nH]c(=O)c2N)c1. The van der Waals surface area contributed by atoms with E-state index in [1.807, 2.05) is 32.0 Å². The van der Waals surface area contributed by atoms with Crippen LogP contribution in [0, 0.1) is 13.8 Å². The molecule has 0 aliphatic carbocycles. The third-order valence-corrected chi connectivity index (χ3v) is 2.54. The molecule has 0 aliphatic rings. The van der Waals surface area contributed by atoms with Crippen molar-refractivity contribution in [2.45, 2.75) is 13.8 Å². The maximum absolute atomic E-state index is 11.4. The van der Waals surface area contributed by atoms with E-state index in [0.717, 1.165) is 16.7 Å². The molecule has 3 N–H and O–H groups in total. The van der Waals surface area contributed by atoms with Crippen LogP contribution in [0.4, 0.5) is 5.69 Å². The first-order valence-corrected chi connectivity index (χ1v) is 5.00. The average molecular weight is 215 g/mol. The number of benzene rings is 1. The fourth-order valence-corrected chi connectivity index (χ4v) is 1.62. The number of nitrogen functional groups attached to an aromatic ring is 1. The normalized spacial score (nSPS) is 10.4. The van der Waals surface area contributed by atoms with Crippen LogP contribution in [0.15, 0.2) is 29.3 Å². The summed E-state index contributed by atoms with van der Waals surface area (Å²) in [5.74, 6) is 0. The molecule has 1 heterocycles. The molecule has 0 spiro atoms. The number of aromatic amines is 1. The van der Waals surface area contributed by atoms with E-state index >= 15 is 0 Å². The third-order valence-electron chi connectivity index (χ3n) is 2.54. The summed E-state index contributed by atoms with van der Waals surface area (Å²) >= 11 is 0. The quantitative estimate of drug-likeness (QED) is 0.759. The largest absolute Gasteiger partial charge is 0.392 e. The van der Waals surface area contributed by atoms with Crippen LogP contribution in [0.5, 0.6) is 0 Å². The maximum atomic E-state index is 11.4. The summed E-state index contributed by atoms with van der Waals surface area (Å²) < 4.78 is 0. The number of rotatable bonds is 1. The lowest BCUT2D eigenvalue weighted by Crippen LogP contribution is -2.13. The number of hydrogen-bond acceptors (Lipinski definition) is 3. The minimum atomic E-state index is -0.300. The van der Waals surface area contributed by atoms with Gasteiger partial charge >= 0.3 is 0 Å². The van der Waals surface area contributed by atoms with Crippen molar-refractivity contribution in [1.29, 1.82) is 0 Å². The molecule has 0 amide bonds. The summed E-state index contributed by atoms with van der Waals surface area (Å²) in [5, 5.41) is 0. The molecule has 2 aromatic rings. The zero-order chi connectivity index (χ0) is 11.7. The summed E-state index contributed by atoms with van der Waals surface area (Å²) in [6.45, 7) is 3.96. The van der Waals surface area contributed by atoms with Crippen molar-refractivity contribution in [2.75, 3.05) is 5.73 Å². The Balaban J connectivity index is 2.72. The van der Waals surface area contributed by atoms with Gasteiger partial charge in [0.25, 0.3) is 5.56 Å². The molecule has 16 heavy (non-hydrogen) atoms. The van der Waals surface area contributed by atoms with Gasteiger partial charge in [-0.1, -0.05) is 17.7 Å². The predicted octanol–water partition coefficient (Wildman–Crippen LogP) is 1.64. The van der Waals surface area contributed by atoms with E-state index in [2.05, 4.69) is 9.97 Å². The van der Waals surface area contributed by atoms with Crippen LogP contribution in [0.2, 0.25) is 0 Å². The topological polar surface area (TPSA) is 71.8 Å². The molecule has 4 nitrogen and oxygen atoms in total. The Morgan fingerprint density at radius 2 is 2.06 bits per heavy atom. The predicted molar refractivity (Wildman–Crippen MR) is 64.2 cm³/mol. The van der Waals surface area contributed by atoms with E-state index in [9.17, 15) is 4.79 Å². The third kappa shape index (κ3) is 1.69. The standard InChI is InChI=1S/C12H13N3O/c1-7-3-4-8(2)9(5-7)11-10(13)12(16)15-6-14-11/h3-6H,13H2,1-2H3,(H,14,15,16). The second kappa shape index (κ2) is 3.81. The highest BCUT2D eigenvalue weighted by atomic mass is 16.1. The van der Waals surface area contributed by atoms with Crippen LogP contribution in [-0.2, 0) is 0 Å². The highest BCUT2D eigenvalue weighted by Gasteiger charge is 2.09. The number of aryl methyl sites for hydroxylation is 2. The van der Waals surface area contributed by atoms with E-state index in [1.54, 1.807) is 0 Å². The second-order valence-corrected chi connectivity index (χ2v) is 3.81. The van der Waals surface area contributed by atoms with E-state index < -0.39 is 0 Å².